The molecule has 0 aliphatic heterocycles. The Hall–Kier alpha value is -3.28. The first-order valence-electron chi connectivity index (χ1n) is 11.6. The Morgan fingerprint density at radius 3 is 2.70 bits per heavy atom. The summed E-state index contributed by atoms with van der Waals surface area (Å²) in [6.07, 6.45) is 6.15. The zero-order valence-corrected chi connectivity index (χ0v) is 19.2. The van der Waals surface area contributed by atoms with Crippen molar-refractivity contribution in [3.63, 3.8) is 0 Å². The predicted molar refractivity (Wildman–Crippen MR) is 127 cm³/mol. The first-order valence-corrected chi connectivity index (χ1v) is 11.6. The van der Waals surface area contributed by atoms with Gasteiger partial charge in [-0.05, 0) is 92.0 Å². The number of pyridine rings is 1. The maximum absolute atomic E-state index is 13.9. The van der Waals surface area contributed by atoms with Crippen molar-refractivity contribution < 1.29 is 13.9 Å². The van der Waals surface area contributed by atoms with Crippen LogP contribution < -0.4 is 0 Å². The molecule has 33 heavy (non-hydrogen) atoms. The Kier molecular flexibility index (Phi) is 5.60. The summed E-state index contributed by atoms with van der Waals surface area (Å²) < 4.78 is 18.8. The molecule has 1 aliphatic carbocycles. The molecule has 0 spiro atoms. The number of nitrogens with one attached hydrogen (secondary N) is 1. The third kappa shape index (κ3) is 3.99. The normalized spacial score (nSPS) is 19.6. The van der Waals surface area contributed by atoms with Crippen molar-refractivity contribution in [1.29, 1.82) is 0 Å². The highest BCUT2D eigenvalue weighted by atomic mass is 19.1. The summed E-state index contributed by atoms with van der Waals surface area (Å²) in [5.41, 5.74) is 5.34. The molecule has 4 aromatic rings. The van der Waals surface area contributed by atoms with Gasteiger partial charge in [-0.1, -0.05) is 6.92 Å². The second-order valence-corrected chi connectivity index (χ2v) is 9.26. The zero-order valence-electron chi connectivity index (χ0n) is 19.2. The van der Waals surface area contributed by atoms with Gasteiger partial charge in [0.05, 0.1) is 29.2 Å². The monoisotopic (exact) mass is 445 g/mol. The van der Waals surface area contributed by atoms with Crippen LogP contribution in [0.4, 0.5) is 4.39 Å². The van der Waals surface area contributed by atoms with Gasteiger partial charge in [0.25, 0.3) is 0 Å². The molecule has 0 bridgehead atoms. The zero-order chi connectivity index (χ0) is 23.1. The molecule has 0 radical (unpaired) electrons. The molecular formula is C27H28FN3O2. The van der Waals surface area contributed by atoms with Crippen LogP contribution in [0.2, 0.25) is 0 Å². The van der Waals surface area contributed by atoms with Gasteiger partial charge in [-0.2, -0.15) is 0 Å². The number of halogens is 1. The molecule has 0 saturated heterocycles. The summed E-state index contributed by atoms with van der Waals surface area (Å²) in [4.78, 5) is 24.7. The second-order valence-electron chi connectivity index (χ2n) is 9.26. The molecule has 170 valence electrons. The minimum absolute atomic E-state index is 0.213. The first-order chi connectivity index (χ1) is 15.9. The number of imidazole rings is 1. The maximum atomic E-state index is 13.9. The number of carbonyl (C=O) groups excluding carboxylic acids is 1. The molecule has 0 amide bonds. The summed E-state index contributed by atoms with van der Waals surface area (Å²) in [7, 11) is 1.39. The van der Waals surface area contributed by atoms with Gasteiger partial charge in [0.15, 0.2) is 0 Å². The van der Waals surface area contributed by atoms with E-state index in [9.17, 15) is 9.18 Å². The highest BCUT2D eigenvalue weighted by Gasteiger charge is 2.29. The minimum atomic E-state index is -0.342. The number of aryl methyl sites for hydroxylation is 1. The number of nitrogens with zero attached hydrogens (tertiary/aromatic N) is 2. The van der Waals surface area contributed by atoms with Crippen LogP contribution in [-0.2, 0) is 4.74 Å². The van der Waals surface area contributed by atoms with Crippen molar-refractivity contribution in [3.8, 4) is 0 Å². The molecule has 1 aliphatic rings. The molecule has 2 heterocycles. The van der Waals surface area contributed by atoms with E-state index in [0.717, 1.165) is 59.0 Å². The number of ether oxygens (including phenoxy) is 1. The Bertz CT molecular complexity index is 1340. The summed E-state index contributed by atoms with van der Waals surface area (Å²) in [6, 6.07) is 10.6. The fraction of sp³-hybridized carbons (Fsp3) is 0.370. The van der Waals surface area contributed by atoms with E-state index in [4.69, 9.17) is 9.72 Å². The lowest BCUT2D eigenvalue weighted by atomic mass is 9.73. The van der Waals surface area contributed by atoms with Gasteiger partial charge in [0.2, 0.25) is 0 Å². The van der Waals surface area contributed by atoms with E-state index in [1.807, 2.05) is 25.3 Å². The number of methoxy groups -OCH3 is 1. The number of esters is 1. The summed E-state index contributed by atoms with van der Waals surface area (Å²) >= 11 is 0. The smallest absolute Gasteiger partial charge is 0.337 e. The van der Waals surface area contributed by atoms with Crippen LogP contribution in [0.5, 0.6) is 0 Å². The van der Waals surface area contributed by atoms with Crippen LogP contribution in [0, 0.1) is 18.7 Å². The average molecular weight is 446 g/mol. The predicted octanol–water partition coefficient (Wildman–Crippen LogP) is 6.42. The molecular weight excluding hydrogens is 417 g/mol. The average Bonchev–Trinajstić information content (AvgIpc) is 3.28. The van der Waals surface area contributed by atoms with Crippen molar-refractivity contribution in [2.75, 3.05) is 7.11 Å². The van der Waals surface area contributed by atoms with Crippen LogP contribution in [0.15, 0.2) is 42.6 Å². The van der Waals surface area contributed by atoms with Crippen molar-refractivity contribution in [2.24, 2.45) is 5.92 Å². The number of rotatable bonds is 4. The van der Waals surface area contributed by atoms with Gasteiger partial charge in [0, 0.05) is 17.5 Å². The highest BCUT2D eigenvalue weighted by Crippen LogP contribution is 2.43. The van der Waals surface area contributed by atoms with Crippen LogP contribution in [0.25, 0.3) is 21.9 Å². The van der Waals surface area contributed by atoms with E-state index in [0.29, 0.717) is 17.4 Å². The highest BCUT2D eigenvalue weighted by molar-refractivity contribution is 5.94. The van der Waals surface area contributed by atoms with Crippen LogP contribution >= 0.6 is 0 Å². The number of aromatic nitrogens is 3. The summed E-state index contributed by atoms with van der Waals surface area (Å²) in [6.45, 7) is 4.20. The quantitative estimate of drug-likeness (QED) is 0.368. The number of carbonyl (C=O) groups is 1. The van der Waals surface area contributed by atoms with Gasteiger partial charge < -0.3 is 9.72 Å². The van der Waals surface area contributed by atoms with E-state index in [2.05, 4.69) is 23.0 Å². The largest absolute Gasteiger partial charge is 0.465 e. The number of aromatic amines is 1. The molecule has 5 rings (SSSR count). The van der Waals surface area contributed by atoms with E-state index in [1.54, 1.807) is 12.1 Å². The van der Waals surface area contributed by atoms with Gasteiger partial charge in [-0.3, -0.25) is 4.98 Å². The lowest BCUT2D eigenvalue weighted by Gasteiger charge is -2.32. The van der Waals surface area contributed by atoms with Crippen LogP contribution in [0.1, 0.15) is 71.8 Å². The topological polar surface area (TPSA) is 67.9 Å². The number of benzene rings is 2. The molecule has 1 saturated carbocycles. The van der Waals surface area contributed by atoms with Gasteiger partial charge in [-0.25, -0.2) is 14.2 Å². The standard InChI is InChI=1S/C27H28FN3O2/c1-15-12-19(27(32)33-3)13-24-25(15)31-26(30-24)16(2)17-4-6-18(7-5-17)21-10-11-29-23-9-8-20(28)14-22(21)23/h8-14,16-18H,4-7H2,1-3H3,(H,30,31)/t16-,17?,18?/m1/s1. The first kappa shape index (κ1) is 21.6. The Balaban J connectivity index is 1.34. The summed E-state index contributed by atoms with van der Waals surface area (Å²) in [5.74, 6) is 1.63. The lowest BCUT2D eigenvalue weighted by Crippen LogP contribution is -2.19. The fourth-order valence-electron chi connectivity index (χ4n) is 5.41. The van der Waals surface area contributed by atoms with Crippen molar-refractivity contribution in [3.05, 3.63) is 70.9 Å². The minimum Gasteiger partial charge on any atom is -0.465 e. The third-order valence-electron chi connectivity index (χ3n) is 7.30. The van der Waals surface area contributed by atoms with Crippen LogP contribution in [0.3, 0.4) is 0 Å². The maximum Gasteiger partial charge on any atom is 0.337 e. The Morgan fingerprint density at radius 2 is 1.94 bits per heavy atom. The van der Waals surface area contributed by atoms with E-state index in [-0.39, 0.29) is 17.7 Å². The van der Waals surface area contributed by atoms with Crippen molar-refractivity contribution >= 4 is 27.9 Å². The van der Waals surface area contributed by atoms with Gasteiger partial charge >= 0.3 is 5.97 Å². The Labute approximate surface area is 192 Å². The second kappa shape index (κ2) is 8.58. The van der Waals surface area contributed by atoms with Gasteiger partial charge in [-0.15, -0.1) is 0 Å². The number of hydrogen-bond acceptors (Lipinski definition) is 4. The van der Waals surface area contributed by atoms with E-state index >= 15 is 0 Å². The van der Waals surface area contributed by atoms with Crippen molar-refractivity contribution in [1.82, 2.24) is 15.0 Å². The molecule has 1 N–H and O–H groups in total. The van der Waals surface area contributed by atoms with Crippen molar-refractivity contribution in [2.45, 2.75) is 51.4 Å². The number of fused-ring (bicyclic) bond motifs is 2. The molecule has 1 fully saturated rings. The SMILES string of the molecule is COC(=O)c1cc(C)c2nc([C@H](C)C3CCC(c4ccnc5ccc(F)cc45)CC3)[nH]c2c1. The van der Waals surface area contributed by atoms with E-state index in [1.165, 1.54) is 18.7 Å². The molecule has 5 nitrogen and oxygen atoms in total. The van der Waals surface area contributed by atoms with Crippen LogP contribution in [-0.4, -0.2) is 28.0 Å². The Morgan fingerprint density at radius 1 is 1.15 bits per heavy atom. The fourth-order valence-corrected chi connectivity index (χ4v) is 5.41. The molecule has 1 atom stereocenters. The molecule has 2 aromatic heterocycles. The molecule has 0 unspecified atom stereocenters. The number of hydrogen-bond donors (Lipinski definition) is 1. The molecule has 6 heteroatoms. The number of H-pyrrole nitrogens is 1. The van der Waals surface area contributed by atoms with E-state index < -0.39 is 0 Å². The lowest BCUT2D eigenvalue weighted by molar-refractivity contribution is 0.0601. The van der Waals surface area contributed by atoms with Gasteiger partial charge in [0.1, 0.15) is 11.6 Å². The third-order valence-corrected chi connectivity index (χ3v) is 7.30. The summed E-state index contributed by atoms with van der Waals surface area (Å²) in [5, 5.41) is 0.933. The molecule has 2 aromatic carbocycles.